The first kappa shape index (κ1) is 21.9. The van der Waals surface area contributed by atoms with Gasteiger partial charge in [0, 0.05) is 0 Å². The fraction of sp³-hybridized carbons (Fsp3) is 0.419. The first-order valence-corrected chi connectivity index (χ1v) is 14.3. The molecule has 1 heteroatoms. The summed E-state index contributed by atoms with van der Waals surface area (Å²) in [7, 11) is -0.274. The molecule has 3 aromatic carbocycles. The second-order valence-electron chi connectivity index (χ2n) is 9.80. The zero-order valence-corrected chi connectivity index (χ0v) is 20.2. The molecule has 2 aliphatic carbocycles. The van der Waals surface area contributed by atoms with Crippen molar-refractivity contribution in [2.45, 2.75) is 80.7 Å². The average molecular weight is 441 g/mol. The van der Waals surface area contributed by atoms with E-state index in [1.807, 2.05) is 0 Å². The third kappa shape index (κ3) is 4.20. The lowest BCUT2D eigenvalue weighted by Crippen LogP contribution is -2.37. The van der Waals surface area contributed by atoms with Crippen molar-refractivity contribution in [2.75, 3.05) is 0 Å². The Hall–Kier alpha value is -1.91. The van der Waals surface area contributed by atoms with Crippen LogP contribution in [0.4, 0.5) is 0 Å². The van der Waals surface area contributed by atoms with Crippen molar-refractivity contribution in [1.82, 2.24) is 0 Å². The molecule has 0 aliphatic heterocycles. The first-order chi connectivity index (χ1) is 15.9. The van der Waals surface area contributed by atoms with Gasteiger partial charge in [-0.3, -0.25) is 0 Å². The van der Waals surface area contributed by atoms with E-state index in [0.29, 0.717) is 0 Å². The Bertz CT molecular complexity index is 823. The maximum atomic E-state index is 2.43. The fourth-order valence-corrected chi connectivity index (χ4v) is 11.4. The van der Waals surface area contributed by atoms with Gasteiger partial charge in [-0.15, -0.1) is 0 Å². The highest BCUT2D eigenvalue weighted by Gasteiger charge is 2.49. The van der Waals surface area contributed by atoms with Gasteiger partial charge in [0.05, 0.1) is 5.16 Å². The van der Waals surface area contributed by atoms with Crippen molar-refractivity contribution in [3.63, 3.8) is 0 Å². The first-order valence-electron chi connectivity index (χ1n) is 12.9. The minimum absolute atomic E-state index is 0.0247. The highest BCUT2D eigenvalue weighted by atomic mass is 31.1. The van der Waals surface area contributed by atoms with E-state index in [0.717, 1.165) is 11.3 Å². The smallest absolute Gasteiger partial charge is 0.0653 e. The van der Waals surface area contributed by atoms with Gasteiger partial charge >= 0.3 is 0 Å². The molecule has 0 atom stereocenters. The second kappa shape index (κ2) is 10.4. The largest absolute Gasteiger partial charge is 0.0799 e. The van der Waals surface area contributed by atoms with Crippen LogP contribution >= 0.6 is 7.92 Å². The van der Waals surface area contributed by atoms with Crippen molar-refractivity contribution in [1.29, 1.82) is 0 Å². The van der Waals surface area contributed by atoms with Gasteiger partial charge in [-0.2, -0.15) is 0 Å². The van der Waals surface area contributed by atoms with Crippen LogP contribution in [-0.4, -0.2) is 11.3 Å². The summed E-state index contributed by atoms with van der Waals surface area (Å²) in [5.74, 6) is 0. The summed E-state index contributed by atoms with van der Waals surface area (Å²) in [6, 6.07) is 34.8. The maximum Gasteiger partial charge on any atom is 0.0653 e. The molecule has 0 bridgehead atoms. The summed E-state index contributed by atoms with van der Waals surface area (Å²) in [6.45, 7) is 0. The van der Waals surface area contributed by atoms with E-state index in [1.54, 1.807) is 0 Å². The zero-order valence-electron chi connectivity index (χ0n) is 19.3. The molecule has 3 aromatic rings. The summed E-state index contributed by atoms with van der Waals surface area (Å²) in [5, 5.41) is -0.0247. The topological polar surface area (TPSA) is 0 Å². The lowest BCUT2D eigenvalue weighted by Gasteiger charge is -2.52. The predicted molar refractivity (Wildman–Crippen MR) is 140 cm³/mol. The lowest BCUT2D eigenvalue weighted by atomic mass is 9.84. The van der Waals surface area contributed by atoms with Crippen LogP contribution in [0.5, 0.6) is 0 Å². The summed E-state index contributed by atoms with van der Waals surface area (Å²) < 4.78 is 0. The summed E-state index contributed by atoms with van der Waals surface area (Å²) >= 11 is 0. The van der Waals surface area contributed by atoms with E-state index in [1.165, 1.54) is 80.9 Å². The number of hydrogen-bond donors (Lipinski definition) is 0. The molecule has 0 amide bonds. The van der Waals surface area contributed by atoms with Gasteiger partial charge < -0.3 is 0 Å². The van der Waals surface area contributed by atoms with Crippen LogP contribution in [0.25, 0.3) is 0 Å². The van der Waals surface area contributed by atoms with Crippen LogP contribution in [0.2, 0.25) is 0 Å². The molecule has 0 nitrogen and oxygen atoms in total. The Labute approximate surface area is 196 Å². The zero-order chi connectivity index (χ0) is 21.6. The van der Waals surface area contributed by atoms with Gasteiger partial charge in [0.25, 0.3) is 0 Å². The Kier molecular flexibility index (Phi) is 7.09. The van der Waals surface area contributed by atoms with E-state index in [-0.39, 0.29) is 13.1 Å². The molecule has 0 N–H and O–H groups in total. The molecular formula is C31H37P. The Balaban J connectivity index is 1.79. The number of hydrogen-bond acceptors (Lipinski definition) is 0. The normalized spacial score (nSPS) is 18.7. The highest BCUT2D eigenvalue weighted by molar-refractivity contribution is 7.61. The number of benzene rings is 3. The van der Waals surface area contributed by atoms with Gasteiger partial charge in [-0.25, -0.2) is 0 Å². The minimum atomic E-state index is -0.274. The Morgan fingerprint density at radius 1 is 0.438 bits per heavy atom. The SMILES string of the molecule is c1ccc(C(c2ccccc2)(c2ccccc2)P(C2CCCCC2)C2CCCCC2)cc1. The van der Waals surface area contributed by atoms with Crippen molar-refractivity contribution >= 4 is 7.92 Å². The van der Waals surface area contributed by atoms with Gasteiger partial charge in [0.15, 0.2) is 0 Å². The molecule has 0 aromatic heterocycles. The quantitative estimate of drug-likeness (QED) is 0.265. The molecule has 2 aliphatic rings. The predicted octanol–water partition coefficient (Wildman–Crippen LogP) is 9.13. The van der Waals surface area contributed by atoms with Gasteiger partial charge in [-0.05, 0) is 53.7 Å². The Morgan fingerprint density at radius 2 is 0.750 bits per heavy atom. The van der Waals surface area contributed by atoms with Crippen LogP contribution in [0, 0.1) is 0 Å². The summed E-state index contributed by atoms with van der Waals surface area (Å²) in [6.07, 6.45) is 14.3. The van der Waals surface area contributed by atoms with Gasteiger partial charge in [-0.1, -0.05) is 137 Å². The number of rotatable bonds is 6. The van der Waals surface area contributed by atoms with Crippen LogP contribution < -0.4 is 0 Å². The Morgan fingerprint density at radius 3 is 1.06 bits per heavy atom. The van der Waals surface area contributed by atoms with Crippen molar-refractivity contribution in [3.8, 4) is 0 Å². The third-order valence-electron chi connectivity index (χ3n) is 7.90. The van der Waals surface area contributed by atoms with Crippen LogP contribution in [-0.2, 0) is 5.16 Å². The van der Waals surface area contributed by atoms with E-state index in [9.17, 15) is 0 Å². The molecule has 0 unspecified atom stereocenters. The molecule has 5 rings (SSSR count). The highest BCUT2D eigenvalue weighted by Crippen LogP contribution is 2.71. The lowest BCUT2D eigenvalue weighted by molar-refractivity contribution is 0.478. The van der Waals surface area contributed by atoms with E-state index in [2.05, 4.69) is 91.0 Å². The second-order valence-corrected chi connectivity index (χ2v) is 12.7. The maximum absolute atomic E-state index is 2.43. The van der Waals surface area contributed by atoms with Crippen LogP contribution in [0.1, 0.15) is 80.9 Å². The van der Waals surface area contributed by atoms with Crippen molar-refractivity contribution in [3.05, 3.63) is 108 Å². The molecule has 0 radical (unpaired) electrons. The van der Waals surface area contributed by atoms with Gasteiger partial charge in [0.2, 0.25) is 0 Å². The standard InChI is InChI=1S/C31H37P/c1-6-16-26(17-7-1)31(27-18-8-2-9-19-27,28-20-10-3-11-21-28)32(29-22-12-4-13-23-29)30-24-14-5-15-25-30/h1-3,6-11,16-21,29-30H,4-5,12-15,22-25H2. The molecule has 0 spiro atoms. The average Bonchev–Trinajstić information content (AvgIpc) is 2.90. The van der Waals surface area contributed by atoms with E-state index < -0.39 is 0 Å². The van der Waals surface area contributed by atoms with Crippen LogP contribution in [0.15, 0.2) is 91.0 Å². The van der Waals surface area contributed by atoms with Gasteiger partial charge in [0.1, 0.15) is 0 Å². The molecule has 32 heavy (non-hydrogen) atoms. The molecule has 2 saturated carbocycles. The molecule has 0 saturated heterocycles. The molecule has 0 heterocycles. The van der Waals surface area contributed by atoms with Crippen molar-refractivity contribution in [2.24, 2.45) is 0 Å². The monoisotopic (exact) mass is 440 g/mol. The molecule has 166 valence electrons. The third-order valence-corrected chi connectivity index (χ3v) is 12.1. The van der Waals surface area contributed by atoms with E-state index >= 15 is 0 Å². The minimum Gasteiger partial charge on any atom is -0.0799 e. The van der Waals surface area contributed by atoms with Crippen LogP contribution in [0.3, 0.4) is 0 Å². The summed E-state index contributed by atoms with van der Waals surface area (Å²) in [4.78, 5) is 0. The molecular weight excluding hydrogens is 403 g/mol. The summed E-state index contributed by atoms with van der Waals surface area (Å²) in [5.41, 5.74) is 6.27. The van der Waals surface area contributed by atoms with Crippen molar-refractivity contribution < 1.29 is 0 Å². The molecule has 2 fully saturated rings. The van der Waals surface area contributed by atoms with E-state index in [4.69, 9.17) is 0 Å². The fourth-order valence-electron chi connectivity index (χ4n) is 6.55.